The molecule has 1 aliphatic rings. The van der Waals surface area contributed by atoms with Gasteiger partial charge in [-0.3, -0.25) is 5.10 Å². The second-order valence-electron chi connectivity index (χ2n) is 8.20. The molecule has 1 aromatic carbocycles. The van der Waals surface area contributed by atoms with E-state index in [1.807, 2.05) is 44.2 Å². The average molecular weight is 511 g/mol. The van der Waals surface area contributed by atoms with Gasteiger partial charge >= 0.3 is 0 Å². The summed E-state index contributed by atoms with van der Waals surface area (Å²) < 4.78 is 23.0. The molecule has 11 heteroatoms. The number of ether oxygens (including phenoxy) is 1. The molecule has 1 fully saturated rings. The molecule has 0 bridgehead atoms. The van der Waals surface area contributed by atoms with Crippen LogP contribution in [0.3, 0.4) is 0 Å². The number of amidine groups is 1. The number of allylic oxidation sites excluding steroid dienone is 1. The zero-order valence-electron chi connectivity index (χ0n) is 20.7. The van der Waals surface area contributed by atoms with Gasteiger partial charge in [0.15, 0.2) is 24.1 Å². The molecule has 0 atom stereocenters. The van der Waals surface area contributed by atoms with Gasteiger partial charge in [0.25, 0.3) is 0 Å². The number of piperazine rings is 1. The molecular formula is C25H31FN8OS. The molecule has 0 radical (unpaired) electrons. The van der Waals surface area contributed by atoms with Crippen LogP contribution in [0.25, 0.3) is 17.0 Å². The fourth-order valence-electron chi connectivity index (χ4n) is 3.94. The Hall–Kier alpha value is -3.57. The smallest absolute Gasteiger partial charge is 0.181 e. The molecule has 3 aromatic rings. The number of hydrogen-bond acceptors (Lipinski definition) is 7. The number of nitrogens with zero attached hydrogens (tertiary/aromatic N) is 5. The minimum atomic E-state index is -0.400. The summed E-state index contributed by atoms with van der Waals surface area (Å²) >= 11 is 1.73. The summed E-state index contributed by atoms with van der Waals surface area (Å²) in [6.45, 7) is 10.8. The molecule has 9 nitrogen and oxygen atoms in total. The van der Waals surface area contributed by atoms with Crippen LogP contribution in [0.1, 0.15) is 18.3 Å². The van der Waals surface area contributed by atoms with Crippen molar-refractivity contribution < 1.29 is 9.13 Å². The summed E-state index contributed by atoms with van der Waals surface area (Å²) in [5.74, 6) is 1.54. The largest absolute Gasteiger partial charge is 0.468 e. The van der Waals surface area contributed by atoms with Crippen LogP contribution in [0, 0.1) is 12.7 Å². The van der Waals surface area contributed by atoms with Crippen LogP contribution < -0.4 is 10.1 Å². The number of benzene rings is 1. The van der Waals surface area contributed by atoms with E-state index < -0.39 is 5.82 Å². The van der Waals surface area contributed by atoms with Gasteiger partial charge in [-0.1, -0.05) is 18.0 Å². The number of aromatic nitrogens is 3. The van der Waals surface area contributed by atoms with Crippen LogP contribution in [-0.2, 0) is 0 Å². The zero-order chi connectivity index (χ0) is 25.5. The highest BCUT2D eigenvalue weighted by Gasteiger charge is 2.19. The van der Waals surface area contributed by atoms with Gasteiger partial charge in [-0.05, 0) is 51.1 Å². The van der Waals surface area contributed by atoms with E-state index in [-0.39, 0.29) is 12.5 Å². The number of fused-ring (bicyclic) bond motifs is 1. The van der Waals surface area contributed by atoms with Crippen molar-refractivity contribution in [2.75, 3.05) is 44.5 Å². The van der Waals surface area contributed by atoms with Crippen molar-refractivity contribution in [1.29, 1.82) is 0 Å². The third-order valence-electron chi connectivity index (χ3n) is 5.74. The van der Waals surface area contributed by atoms with Crippen LogP contribution in [0.2, 0.25) is 0 Å². The van der Waals surface area contributed by atoms with Crippen molar-refractivity contribution in [2.45, 2.75) is 13.8 Å². The van der Waals surface area contributed by atoms with Crippen LogP contribution in [0.5, 0.6) is 5.75 Å². The Morgan fingerprint density at radius 2 is 2.11 bits per heavy atom. The zero-order valence-corrected chi connectivity index (χ0v) is 21.5. The van der Waals surface area contributed by atoms with Crippen LogP contribution in [0.4, 0.5) is 10.2 Å². The van der Waals surface area contributed by atoms with Crippen LogP contribution >= 0.6 is 11.9 Å². The molecule has 36 heavy (non-hydrogen) atoms. The lowest BCUT2D eigenvalue weighted by atomic mass is 10.2. The van der Waals surface area contributed by atoms with E-state index in [1.165, 1.54) is 0 Å². The standard InChI is InChI=1S/C25H31FN8OS/c1-5-6-18-14-23(32-31-18)30-22(27-3)15-24(33-9-11-34(36-4)12-10-33)28-16-35-21-8-7-20-19(25(21)26)13-17(2)29-20/h5-8,13-15,29H,3,9-12,16H2,1-2,4H3,(H2,30,31,32)/b6-5+,22-15+,28-24+. The lowest BCUT2D eigenvalue weighted by Crippen LogP contribution is -2.46. The molecule has 0 amide bonds. The first kappa shape index (κ1) is 25.5. The molecule has 2 aromatic heterocycles. The molecule has 190 valence electrons. The van der Waals surface area contributed by atoms with E-state index in [0.29, 0.717) is 22.9 Å². The maximum absolute atomic E-state index is 14.9. The van der Waals surface area contributed by atoms with Crippen LogP contribution in [-0.4, -0.2) is 76.1 Å². The number of halogens is 1. The summed E-state index contributed by atoms with van der Waals surface area (Å²) in [6.07, 6.45) is 7.73. The Bertz CT molecular complexity index is 1290. The maximum atomic E-state index is 14.9. The predicted molar refractivity (Wildman–Crippen MR) is 147 cm³/mol. The normalized spacial score (nSPS) is 15.7. The lowest BCUT2D eigenvalue weighted by molar-refractivity contribution is 0.276. The summed E-state index contributed by atoms with van der Waals surface area (Å²) in [5.41, 5.74) is 2.50. The molecule has 0 saturated carbocycles. The van der Waals surface area contributed by atoms with E-state index in [4.69, 9.17) is 4.74 Å². The minimum Gasteiger partial charge on any atom is -0.468 e. The molecular weight excluding hydrogens is 479 g/mol. The molecule has 4 rings (SSSR count). The molecule has 0 spiro atoms. The van der Waals surface area contributed by atoms with Gasteiger partial charge in [-0.2, -0.15) is 5.10 Å². The maximum Gasteiger partial charge on any atom is 0.181 e. The Morgan fingerprint density at radius 1 is 1.31 bits per heavy atom. The van der Waals surface area contributed by atoms with Gasteiger partial charge < -0.3 is 19.9 Å². The van der Waals surface area contributed by atoms with E-state index in [9.17, 15) is 4.39 Å². The first-order valence-electron chi connectivity index (χ1n) is 11.6. The van der Waals surface area contributed by atoms with Crippen LogP contribution in [0.15, 0.2) is 52.2 Å². The molecule has 0 aliphatic carbocycles. The number of hydrogen-bond donors (Lipinski definition) is 3. The minimum absolute atomic E-state index is 0.0430. The number of anilines is 1. The SMILES string of the molecule is C=N/C(=C\C(=N/COc1ccc2[nH]c(C)cc2c1F)N1CCN(SC)CC1)Nc1cc(/C=C/C)[nH]n1. The van der Waals surface area contributed by atoms with Gasteiger partial charge in [-0.15, -0.1) is 0 Å². The number of aryl methyl sites for hydroxylation is 1. The third kappa shape index (κ3) is 6.16. The van der Waals surface area contributed by atoms with Crippen molar-refractivity contribution in [3.8, 4) is 5.75 Å². The van der Waals surface area contributed by atoms with Crippen molar-refractivity contribution in [1.82, 2.24) is 24.4 Å². The number of H-pyrrole nitrogens is 2. The Kier molecular flexibility index (Phi) is 8.44. The Balaban J connectivity index is 1.54. The summed E-state index contributed by atoms with van der Waals surface area (Å²) in [6, 6.07) is 7.07. The van der Waals surface area contributed by atoms with Gasteiger partial charge in [0.2, 0.25) is 0 Å². The summed E-state index contributed by atoms with van der Waals surface area (Å²) in [4.78, 5) is 14.1. The highest BCUT2D eigenvalue weighted by molar-refractivity contribution is 7.96. The van der Waals surface area contributed by atoms with Crippen molar-refractivity contribution in [2.24, 2.45) is 9.98 Å². The molecule has 1 saturated heterocycles. The highest BCUT2D eigenvalue weighted by atomic mass is 32.2. The average Bonchev–Trinajstić information content (AvgIpc) is 3.50. The van der Waals surface area contributed by atoms with E-state index in [1.54, 1.807) is 24.1 Å². The number of nitrogens with one attached hydrogen (secondary N) is 3. The van der Waals surface area contributed by atoms with Gasteiger partial charge in [0.1, 0.15) is 11.7 Å². The number of rotatable bonds is 9. The number of aliphatic imine (C=N–C) groups is 2. The first-order valence-corrected chi connectivity index (χ1v) is 12.8. The van der Waals surface area contributed by atoms with Gasteiger partial charge in [0, 0.05) is 54.9 Å². The molecule has 1 aliphatic heterocycles. The number of aromatic amines is 2. The van der Waals surface area contributed by atoms with Gasteiger partial charge in [-0.25, -0.2) is 18.7 Å². The van der Waals surface area contributed by atoms with E-state index >= 15 is 0 Å². The van der Waals surface area contributed by atoms with E-state index in [2.05, 4.69) is 52.7 Å². The first-order chi connectivity index (χ1) is 17.5. The van der Waals surface area contributed by atoms with Gasteiger partial charge in [0.05, 0.1) is 5.69 Å². The fourth-order valence-corrected chi connectivity index (χ4v) is 4.47. The van der Waals surface area contributed by atoms with Crippen molar-refractivity contribution in [3.63, 3.8) is 0 Å². The Morgan fingerprint density at radius 3 is 2.83 bits per heavy atom. The predicted octanol–water partition coefficient (Wildman–Crippen LogP) is 4.66. The monoisotopic (exact) mass is 510 g/mol. The van der Waals surface area contributed by atoms with Crippen molar-refractivity contribution in [3.05, 3.63) is 59.4 Å². The fraction of sp³-hybridized carbons (Fsp3) is 0.320. The summed E-state index contributed by atoms with van der Waals surface area (Å²) in [7, 11) is 0. The van der Waals surface area contributed by atoms with E-state index in [0.717, 1.165) is 43.1 Å². The summed E-state index contributed by atoms with van der Waals surface area (Å²) in [5, 5.41) is 10.9. The molecule has 3 N–H and O–H groups in total. The topological polar surface area (TPSA) is 96.9 Å². The Labute approximate surface area is 214 Å². The lowest BCUT2D eigenvalue weighted by Gasteiger charge is -2.34. The van der Waals surface area contributed by atoms with Crippen molar-refractivity contribution >= 4 is 47.3 Å². The molecule has 3 heterocycles. The second kappa shape index (κ2) is 11.9. The highest BCUT2D eigenvalue weighted by Crippen LogP contribution is 2.27. The third-order valence-corrected chi connectivity index (χ3v) is 6.62. The molecule has 0 unspecified atom stereocenters. The second-order valence-corrected chi connectivity index (χ2v) is 9.08. The quantitative estimate of drug-likeness (QED) is 0.220.